The molecule has 1 rings (SSSR count). The average Bonchev–Trinajstić information content (AvgIpc) is 2.32. The van der Waals surface area contributed by atoms with Gasteiger partial charge in [0.05, 0.1) is 5.69 Å². The Hall–Kier alpha value is -0.410. The molecule has 1 heterocycles. The summed E-state index contributed by atoms with van der Waals surface area (Å²) in [7, 11) is 1.95. The molecule has 2 nitrogen and oxygen atoms in total. The second-order valence-electron chi connectivity index (χ2n) is 2.49. The highest BCUT2D eigenvalue weighted by Crippen LogP contribution is 2.17. The summed E-state index contributed by atoms with van der Waals surface area (Å²) in [5.74, 6) is 0. The van der Waals surface area contributed by atoms with Crippen molar-refractivity contribution in [1.82, 2.24) is 10.3 Å². The molecule has 1 N–H and O–H groups in total. The van der Waals surface area contributed by atoms with E-state index in [2.05, 4.69) is 24.1 Å². The Kier molecular flexibility index (Phi) is 3.02. The molecule has 1 aromatic rings. The fraction of sp³-hybridized carbons (Fsp3) is 0.625. The first-order valence-corrected chi connectivity index (χ1v) is 4.69. The Morgan fingerprint density at radius 1 is 1.55 bits per heavy atom. The van der Waals surface area contributed by atoms with Crippen molar-refractivity contribution in [3.05, 3.63) is 15.6 Å². The van der Waals surface area contributed by atoms with Gasteiger partial charge < -0.3 is 5.32 Å². The number of aromatic nitrogens is 1. The first kappa shape index (κ1) is 8.68. The van der Waals surface area contributed by atoms with E-state index in [4.69, 9.17) is 0 Å². The zero-order valence-electron chi connectivity index (χ0n) is 7.27. The number of nitrogens with one attached hydrogen (secondary N) is 1. The lowest BCUT2D eigenvalue weighted by Crippen LogP contribution is -2.04. The van der Waals surface area contributed by atoms with E-state index in [1.54, 1.807) is 11.3 Å². The molecule has 62 valence electrons. The van der Waals surface area contributed by atoms with Gasteiger partial charge in [-0.15, -0.1) is 11.3 Å². The molecule has 11 heavy (non-hydrogen) atoms. The fourth-order valence-electron chi connectivity index (χ4n) is 1.04. The van der Waals surface area contributed by atoms with Crippen LogP contribution in [0.1, 0.15) is 22.5 Å². The molecular formula is C8H14N2S. The van der Waals surface area contributed by atoms with Crippen LogP contribution < -0.4 is 5.32 Å². The van der Waals surface area contributed by atoms with Gasteiger partial charge in [0.2, 0.25) is 0 Å². The van der Waals surface area contributed by atoms with Crippen LogP contribution in [0, 0.1) is 6.92 Å². The Labute approximate surface area is 71.7 Å². The molecule has 0 spiro atoms. The molecule has 0 atom stereocenters. The molecule has 0 amide bonds. The fourth-order valence-corrected chi connectivity index (χ4v) is 2.08. The highest BCUT2D eigenvalue weighted by atomic mass is 32.1. The zero-order valence-corrected chi connectivity index (χ0v) is 8.09. The SMILES string of the molecule is CCc1nc(CNC)sc1C. The van der Waals surface area contributed by atoms with Crippen LogP contribution in [-0.4, -0.2) is 12.0 Å². The quantitative estimate of drug-likeness (QED) is 0.747. The molecule has 0 bridgehead atoms. The molecule has 1 aromatic heterocycles. The number of aryl methyl sites for hydroxylation is 2. The average molecular weight is 170 g/mol. The molecule has 0 radical (unpaired) electrons. The maximum atomic E-state index is 4.47. The third-order valence-corrected chi connectivity index (χ3v) is 2.61. The zero-order chi connectivity index (χ0) is 8.27. The van der Waals surface area contributed by atoms with Crippen molar-refractivity contribution in [2.75, 3.05) is 7.05 Å². The summed E-state index contributed by atoms with van der Waals surface area (Å²) in [6.45, 7) is 5.17. The van der Waals surface area contributed by atoms with Gasteiger partial charge in [0, 0.05) is 11.4 Å². The molecule has 0 aliphatic rings. The molecule has 0 saturated heterocycles. The van der Waals surface area contributed by atoms with Crippen LogP contribution in [-0.2, 0) is 13.0 Å². The van der Waals surface area contributed by atoms with E-state index >= 15 is 0 Å². The number of nitrogens with zero attached hydrogens (tertiary/aromatic N) is 1. The van der Waals surface area contributed by atoms with Gasteiger partial charge in [0.1, 0.15) is 5.01 Å². The van der Waals surface area contributed by atoms with Gasteiger partial charge in [-0.1, -0.05) is 6.92 Å². The highest BCUT2D eigenvalue weighted by Gasteiger charge is 2.03. The van der Waals surface area contributed by atoms with Crippen LogP contribution in [0.3, 0.4) is 0 Å². The highest BCUT2D eigenvalue weighted by molar-refractivity contribution is 7.11. The lowest BCUT2D eigenvalue weighted by Gasteiger charge is -1.89. The summed E-state index contributed by atoms with van der Waals surface area (Å²) in [5, 5.41) is 4.29. The van der Waals surface area contributed by atoms with E-state index in [-0.39, 0.29) is 0 Å². The monoisotopic (exact) mass is 170 g/mol. The molecule has 3 heteroatoms. The third kappa shape index (κ3) is 2.01. The van der Waals surface area contributed by atoms with Crippen LogP contribution >= 0.6 is 11.3 Å². The van der Waals surface area contributed by atoms with Crippen molar-refractivity contribution >= 4 is 11.3 Å². The minimum atomic E-state index is 0.894. The minimum absolute atomic E-state index is 0.894. The first-order chi connectivity index (χ1) is 5.27. The number of hydrogen-bond acceptors (Lipinski definition) is 3. The van der Waals surface area contributed by atoms with Gasteiger partial charge in [-0.2, -0.15) is 0 Å². The second kappa shape index (κ2) is 3.83. The van der Waals surface area contributed by atoms with Crippen LogP contribution in [0.2, 0.25) is 0 Å². The van der Waals surface area contributed by atoms with E-state index in [1.807, 2.05) is 7.05 Å². The largest absolute Gasteiger partial charge is 0.314 e. The molecule has 0 aliphatic carbocycles. The molecular weight excluding hydrogens is 156 g/mol. The lowest BCUT2D eigenvalue weighted by atomic mass is 10.3. The topological polar surface area (TPSA) is 24.9 Å². The molecule has 0 unspecified atom stereocenters. The van der Waals surface area contributed by atoms with Gasteiger partial charge >= 0.3 is 0 Å². The predicted octanol–water partition coefficient (Wildman–Crippen LogP) is 1.73. The van der Waals surface area contributed by atoms with Crippen molar-refractivity contribution in [2.45, 2.75) is 26.8 Å². The molecule has 0 aromatic carbocycles. The van der Waals surface area contributed by atoms with Crippen LogP contribution in [0.15, 0.2) is 0 Å². The summed E-state index contributed by atoms with van der Waals surface area (Å²) < 4.78 is 0. The van der Waals surface area contributed by atoms with Crippen molar-refractivity contribution in [2.24, 2.45) is 0 Å². The summed E-state index contributed by atoms with van der Waals surface area (Å²) in [4.78, 5) is 5.83. The summed E-state index contributed by atoms with van der Waals surface area (Å²) in [6.07, 6.45) is 1.05. The molecule has 0 saturated carbocycles. The van der Waals surface area contributed by atoms with Crippen LogP contribution in [0.4, 0.5) is 0 Å². The maximum absolute atomic E-state index is 4.47. The lowest BCUT2D eigenvalue weighted by molar-refractivity contribution is 0.803. The Bertz CT molecular complexity index is 230. The van der Waals surface area contributed by atoms with E-state index in [1.165, 1.54) is 15.6 Å². The summed E-state index contributed by atoms with van der Waals surface area (Å²) in [6, 6.07) is 0. The van der Waals surface area contributed by atoms with Gasteiger partial charge in [-0.05, 0) is 20.4 Å². The number of rotatable bonds is 3. The van der Waals surface area contributed by atoms with E-state index in [0.717, 1.165) is 13.0 Å². The Morgan fingerprint density at radius 3 is 2.73 bits per heavy atom. The van der Waals surface area contributed by atoms with E-state index in [9.17, 15) is 0 Å². The van der Waals surface area contributed by atoms with Crippen molar-refractivity contribution in [3.63, 3.8) is 0 Å². The van der Waals surface area contributed by atoms with Gasteiger partial charge in [0.15, 0.2) is 0 Å². The van der Waals surface area contributed by atoms with Crippen molar-refractivity contribution < 1.29 is 0 Å². The van der Waals surface area contributed by atoms with Crippen molar-refractivity contribution in [1.29, 1.82) is 0 Å². The normalized spacial score (nSPS) is 10.5. The first-order valence-electron chi connectivity index (χ1n) is 3.87. The summed E-state index contributed by atoms with van der Waals surface area (Å²) >= 11 is 1.79. The van der Waals surface area contributed by atoms with Crippen molar-refractivity contribution in [3.8, 4) is 0 Å². The standard InChI is InChI=1S/C8H14N2S/c1-4-7-6(2)11-8(10-7)5-9-3/h9H,4-5H2,1-3H3. The minimum Gasteiger partial charge on any atom is -0.314 e. The van der Waals surface area contributed by atoms with E-state index in [0.29, 0.717) is 0 Å². The van der Waals surface area contributed by atoms with Crippen LogP contribution in [0.5, 0.6) is 0 Å². The number of thiazole rings is 1. The Morgan fingerprint density at radius 2 is 2.27 bits per heavy atom. The van der Waals surface area contributed by atoms with E-state index < -0.39 is 0 Å². The maximum Gasteiger partial charge on any atom is 0.107 e. The molecule has 0 aliphatic heterocycles. The predicted molar refractivity (Wildman–Crippen MR) is 49.0 cm³/mol. The second-order valence-corrected chi connectivity index (χ2v) is 3.78. The third-order valence-electron chi connectivity index (χ3n) is 1.60. The molecule has 0 fully saturated rings. The Balaban J connectivity index is 2.77. The van der Waals surface area contributed by atoms with Crippen LogP contribution in [0.25, 0.3) is 0 Å². The van der Waals surface area contributed by atoms with Gasteiger partial charge in [-0.3, -0.25) is 0 Å². The summed E-state index contributed by atoms with van der Waals surface area (Å²) in [5.41, 5.74) is 1.25. The smallest absolute Gasteiger partial charge is 0.107 e. The number of hydrogen-bond donors (Lipinski definition) is 1. The van der Waals surface area contributed by atoms with Gasteiger partial charge in [0.25, 0.3) is 0 Å². The van der Waals surface area contributed by atoms with Gasteiger partial charge in [-0.25, -0.2) is 4.98 Å².